The minimum Gasteiger partial charge on any atom is -0.344 e. The molecule has 1 aliphatic heterocycles. The van der Waals surface area contributed by atoms with E-state index in [0.29, 0.717) is 12.5 Å². The maximum absolute atomic E-state index is 11.3. The standard InChI is InChI=1S/C11H18N4O/c1-14-9-10(3-4-11(14)16)12-6-8-15-7-2-5-13-15/h2,5,7,10,12H,3-4,6,8-9H2,1H3. The predicted molar refractivity (Wildman–Crippen MR) is 60.9 cm³/mol. The molecule has 1 amide bonds. The molecule has 5 nitrogen and oxygen atoms in total. The average molecular weight is 222 g/mol. The molecule has 0 radical (unpaired) electrons. The van der Waals surface area contributed by atoms with Gasteiger partial charge in [-0.3, -0.25) is 9.48 Å². The third-order valence-corrected chi connectivity index (χ3v) is 2.96. The molecule has 1 fully saturated rings. The van der Waals surface area contributed by atoms with Gasteiger partial charge in [0.2, 0.25) is 5.91 Å². The van der Waals surface area contributed by atoms with Crippen molar-refractivity contribution in [3.63, 3.8) is 0 Å². The van der Waals surface area contributed by atoms with Gasteiger partial charge in [0.1, 0.15) is 0 Å². The molecule has 0 spiro atoms. The minimum absolute atomic E-state index is 0.255. The maximum Gasteiger partial charge on any atom is 0.222 e. The van der Waals surface area contributed by atoms with Crippen LogP contribution < -0.4 is 5.32 Å². The Morgan fingerprint density at radius 2 is 2.50 bits per heavy atom. The summed E-state index contributed by atoms with van der Waals surface area (Å²) in [5, 5.41) is 7.59. The van der Waals surface area contributed by atoms with Crippen molar-refractivity contribution in [3.8, 4) is 0 Å². The molecule has 0 bridgehead atoms. The topological polar surface area (TPSA) is 50.2 Å². The lowest BCUT2D eigenvalue weighted by Gasteiger charge is -2.30. The second kappa shape index (κ2) is 5.12. The number of piperidine rings is 1. The number of hydrogen-bond donors (Lipinski definition) is 1. The molecule has 1 aliphatic rings. The molecule has 2 rings (SSSR count). The molecule has 1 aromatic heterocycles. The number of nitrogens with one attached hydrogen (secondary N) is 1. The molecule has 1 N–H and O–H groups in total. The van der Waals surface area contributed by atoms with E-state index in [1.807, 2.05) is 24.0 Å². The van der Waals surface area contributed by atoms with Crippen molar-refractivity contribution in [2.24, 2.45) is 0 Å². The molecule has 0 saturated carbocycles. The molecule has 1 atom stereocenters. The van der Waals surface area contributed by atoms with Gasteiger partial charge < -0.3 is 10.2 Å². The van der Waals surface area contributed by atoms with Crippen LogP contribution in [0.5, 0.6) is 0 Å². The largest absolute Gasteiger partial charge is 0.344 e. The first kappa shape index (κ1) is 11.1. The van der Waals surface area contributed by atoms with Gasteiger partial charge in [0, 0.05) is 45.0 Å². The summed E-state index contributed by atoms with van der Waals surface area (Å²) >= 11 is 0. The van der Waals surface area contributed by atoms with Crippen LogP contribution in [-0.2, 0) is 11.3 Å². The molecular formula is C11H18N4O. The Morgan fingerprint density at radius 3 is 3.19 bits per heavy atom. The van der Waals surface area contributed by atoms with E-state index in [-0.39, 0.29) is 5.91 Å². The van der Waals surface area contributed by atoms with Gasteiger partial charge in [0.25, 0.3) is 0 Å². The zero-order valence-electron chi connectivity index (χ0n) is 9.59. The Kier molecular flexibility index (Phi) is 3.56. The summed E-state index contributed by atoms with van der Waals surface area (Å²) in [5.74, 6) is 0.255. The lowest BCUT2D eigenvalue weighted by molar-refractivity contribution is -0.132. The third-order valence-electron chi connectivity index (χ3n) is 2.96. The van der Waals surface area contributed by atoms with Crippen LogP contribution in [0.25, 0.3) is 0 Å². The number of hydrogen-bond acceptors (Lipinski definition) is 3. The van der Waals surface area contributed by atoms with Crippen molar-refractivity contribution in [2.75, 3.05) is 20.1 Å². The van der Waals surface area contributed by atoms with Gasteiger partial charge in [-0.1, -0.05) is 0 Å². The number of amides is 1. The third kappa shape index (κ3) is 2.82. The van der Waals surface area contributed by atoms with Gasteiger partial charge in [-0.15, -0.1) is 0 Å². The van der Waals surface area contributed by atoms with E-state index in [0.717, 1.165) is 26.1 Å². The van der Waals surface area contributed by atoms with Crippen molar-refractivity contribution in [1.82, 2.24) is 20.0 Å². The molecule has 1 unspecified atom stereocenters. The molecule has 2 heterocycles. The van der Waals surface area contributed by atoms with Gasteiger partial charge in [0.05, 0.1) is 6.54 Å². The SMILES string of the molecule is CN1CC(NCCn2cccn2)CCC1=O. The highest BCUT2D eigenvalue weighted by atomic mass is 16.2. The first-order valence-electron chi connectivity index (χ1n) is 5.70. The second-order valence-electron chi connectivity index (χ2n) is 4.23. The molecule has 1 aromatic rings. The summed E-state index contributed by atoms with van der Waals surface area (Å²) in [6, 6.07) is 2.35. The summed E-state index contributed by atoms with van der Waals surface area (Å²) < 4.78 is 1.91. The smallest absolute Gasteiger partial charge is 0.222 e. The second-order valence-corrected chi connectivity index (χ2v) is 4.23. The quantitative estimate of drug-likeness (QED) is 0.785. The van der Waals surface area contributed by atoms with Crippen LogP contribution in [0.15, 0.2) is 18.5 Å². The van der Waals surface area contributed by atoms with Crippen molar-refractivity contribution < 1.29 is 4.79 Å². The predicted octanol–water partition coefficient (Wildman–Crippen LogP) is 0.0935. The van der Waals surface area contributed by atoms with Crippen molar-refractivity contribution >= 4 is 5.91 Å². The molecule has 5 heteroatoms. The zero-order chi connectivity index (χ0) is 11.4. The van der Waals surface area contributed by atoms with E-state index in [9.17, 15) is 4.79 Å². The summed E-state index contributed by atoms with van der Waals surface area (Å²) in [6.07, 6.45) is 5.35. The van der Waals surface area contributed by atoms with E-state index in [4.69, 9.17) is 0 Å². The van der Waals surface area contributed by atoms with Crippen molar-refractivity contribution in [1.29, 1.82) is 0 Å². The van der Waals surface area contributed by atoms with Gasteiger partial charge in [0.15, 0.2) is 0 Å². The Balaban J connectivity index is 1.69. The zero-order valence-corrected chi connectivity index (χ0v) is 9.59. The normalized spacial score (nSPS) is 21.4. The van der Waals surface area contributed by atoms with Gasteiger partial charge in [-0.05, 0) is 12.5 Å². The van der Waals surface area contributed by atoms with Gasteiger partial charge >= 0.3 is 0 Å². The molecular weight excluding hydrogens is 204 g/mol. The fourth-order valence-corrected chi connectivity index (χ4v) is 1.99. The fraction of sp³-hybridized carbons (Fsp3) is 0.636. The Bertz CT molecular complexity index is 336. The average Bonchev–Trinajstić information content (AvgIpc) is 2.76. The lowest BCUT2D eigenvalue weighted by Crippen LogP contribution is -2.47. The van der Waals surface area contributed by atoms with Crippen LogP contribution in [0.4, 0.5) is 0 Å². The van der Waals surface area contributed by atoms with Crippen LogP contribution in [0.2, 0.25) is 0 Å². The lowest BCUT2D eigenvalue weighted by atomic mass is 10.1. The molecule has 0 aromatic carbocycles. The minimum atomic E-state index is 0.255. The van der Waals surface area contributed by atoms with Crippen LogP contribution in [0.1, 0.15) is 12.8 Å². The monoisotopic (exact) mass is 222 g/mol. The van der Waals surface area contributed by atoms with Crippen LogP contribution in [0, 0.1) is 0 Å². The summed E-state index contributed by atoms with van der Waals surface area (Å²) in [4.78, 5) is 13.1. The number of likely N-dealkylation sites (N-methyl/N-ethyl adjacent to an activating group) is 1. The van der Waals surface area contributed by atoms with Crippen molar-refractivity contribution in [2.45, 2.75) is 25.4 Å². The number of aromatic nitrogens is 2. The number of carbonyl (C=O) groups excluding carboxylic acids is 1. The molecule has 0 aliphatic carbocycles. The summed E-state index contributed by atoms with van der Waals surface area (Å²) in [6.45, 7) is 2.59. The van der Waals surface area contributed by atoms with Crippen molar-refractivity contribution in [3.05, 3.63) is 18.5 Å². The molecule has 88 valence electrons. The van der Waals surface area contributed by atoms with Crippen LogP contribution in [0.3, 0.4) is 0 Å². The van der Waals surface area contributed by atoms with Gasteiger partial charge in [-0.25, -0.2) is 0 Å². The number of rotatable bonds is 4. The first-order chi connectivity index (χ1) is 7.75. The number of nitrogens with zero attached hydrogens (tertiary/aromatic N) is 3. The van der Waals surface area contributed by atoms with Gasteiger partial charge in [-0.2, -0.15) is 5.10 Å². The summed E-state index contributed by atoms with van der Waals surface area (Å²) in [5.41, 5.74) is 0. The Morgan fingerprint density at radius 1 is 1.62 bits per heavy atom. The maximum atomic E-state index is 11.3. The highest BCUT2D eigenvalue weighted by Crippen LogP contribution is 2.09. The highest BCUT2D eigenvalue weighted by Gasteiger charge is 2.21. The fourth-order valence-electron chi connectivity index (χ4n) is 1.99. The Hall–Kier alpha value is -1.36. The van der Waals surface area contributed by atoms with E-state index in [2.05, 4.69) is 10.4 Å². The van der Waals surface area contributed by atoms with Crippen LogP contribution >= 0.6 is 0 Å². The highest BCUT2D eigenvalue weighted by molar-refractivity contribution is 5.76. The van der Waals surface area contributed by atoms with E-state index < -0.39 is 0 Å². The number of carbonyl (C=O) groups is 1. The van der Waals surface area contributed by atoms with Crippen LogP contribution in [-0.4, -0.2) is 46.8 Å². The first-order valence-corrected chi connectivity index (χ1v) is 5.70. The van der Waals surface area contributed by atoms with E-state index in [1.54, 1.807) is 11.1 Å². The van der Waals surface area contributed by atoms with E-state index >= 15 is 0 Å². The summed E-state index contributed by atoms with van der Waals surface area (Å²) in [7, 11) is 1.86. The Labute approximate surface area is 95.4 Å². The molecule has 16 heavy (non-hydrogen) atoms. The molecule has 1 saturated heterocycles. The number of likely N-dealkylation sites (tertiary alicyclic amines) is 1. The van der Waals surface area contributed by atoms with E-state index in [1.165, 1.54) is 0 Å².